The van der Waals surface area contributed by atoms with Crippen molar-refractivity contribution in [3.8, 4) is 22.8 Å². The summed E-state index contributed by atoms with van der Waals surface area (Å²) in [5.41, 5.74) is 10.3. The highest BCUT2D eigenvalue weighted by Crippen LogP contribution is 2.49. The number of alkyl halides is 3. The normalized spacial score (nSPS) is 19.9. The first kappa shape index (κ1) is 32.0. The van der Waals surface area contributed by atoms with Gasteiger partial charge in [-0.05, 0) is 74.6 Å². The molecule has 246 valence electrons. The largest absolute Gasteiger partial charge is 0.495 e. The Morgan fingerprint density at radius 1 is 1.23 bits per heavy atom. The smallest absolute Gasteiger partial charge is 0.416 e. The lowest BCUT2D eigenvalue weighted by Gasteiger charge is -2.28. The molecule has 0 saturated heterocycles. The summed E-state index contributed by atoms with van der Waals surface area (Å²) in [6.45, 7) is 2.66. The van der Waals surface area contributed by atoms with Crippen molar-refractivity contribution in [1.29, 1.82) is 0 Å². The number of allylic oxidation sites excluding steroid dienone is 1. The van der Waals surface area contributed by atoms with Gasteiger partial charge in [0.1, 0.15) is 34.8 Å². The van der Waals surface area contributed by atoms with Gasteiger partial charge >= 0.3 is 6.18 Å². The lowest BCUT2D eigenvalue weighted by molar-refractivity contribution is -0.137. The van der Waals surface area contributed by atoms with E-state index < -0.39 is 34.6 Å². The first-order valence-electron chi connectivity index (χ1n) is 15.0. The number of benzene rings is 2. The molecule has 1 fully saturated rings. The number of primary amides is 1. The zero-order valence-electron chi connectivity index (χ0n) is 26.0. The molecular weight excluding hydrogens is 615 g/mol. The average molecular weight is 650 g/mol. The number of nitrogens with two attached hydrogens (primary N) is 2. The Hall–Kier alpha value is -4.91. The molecule has 0 unspecified atom stereocenters. The molecule has 1 saturated carbocycles. The number of rotatable bonds is 10. The van der Waals surface area contributed by atoms with Gasteiger partial charge in [-0.15, -0.1) is 0 Å². The molecule has 10 nitrogen and oxygen atoms in total. The summed E-state index contributed by atoms with van der Waals surface area (Å²) < 4.78 is 52.6. The van der Waals surface area contributed by atoms with Crippen molar-refractivity contribution < 1.29 is 37.3 Å². The van der Waals surface area contributed by atoms with Crippen LogP contribution in [0.1, 0.15) is 64.5 Å². The molecule has 1 aromatic heterocycles. The number of fused-ring (bicyclic) bond motifs is 1. The van der Waals surface area contributed by atoms with E-state index in [0.717, 1.165) is 25.0 Å². The molecule has 13 heteroatoms. The van der Waals surface area contributed by atoms with Crippen molar-refractivity contribution in [1.82, 2.24) is 10.3 Å². The molecule has 2 atom stereocenters. The van der Waals surface area contributed by atoms with Crippen LogP contribution in [0.2, 0.25) is 0 Å². The maximum absolute atomic E-state index is 13.8. The molecule has 6 rings (SSSR count). The van der Waals surface area contributed by atoms with E-state index in [0.29, 0.717) is 28.8 Å². The van der Waals surface area contributed by atoms with Crippen LogP contribution in [0.25, 0.3) is 11.3 Å². The monoisotopic (exact) mass is 649 g/mol. The molecule has 6 N–H and O–H groups in total. The number of hydrogen-bond acceptors (Lipinski definition) is 8. The lowest BCUT2D eigenvalue weighted by atomic mass is 9.81. The molecule has 2 amide bonds. The van der Waals surface area contributed by atoms with Gasteiger partial charge in [0.2, 0.25) is 5.91 Å². The van der Waals surface area contributed by atoms with Crippen molar-refractivity contribution >= 4 is 23.7 Å². The Kier molecular flexibility index (Phi) is 7.78. The van der Waals surface area contributed by atoms with Gasteiger partial charge in [0.05, 0.1) is 36.6 Å². The highest BCUT2D eigenvalue weighted by Gasteiger charge is 2.47. The topological polar surface area (TPSA) is 162 Å². The second-order valence-corrected chi connectivity index (χ2v) is 12.4. The maximum atomic E-state index is 13.8. The van der Waals surface area contributed by atoms with Gasteiger partial charge in [-0.2, -0.15) is 13.2 Å². The summed E-state index contributed by atoms with van der Waals surface area (Å²) in [6, 6.07) is 8.00. The second kappa shape index (κ2) is 11.4. The van der Waals surface area contributed by atoms with E-state index in [4.69, 9.17) is 20.9 Å². The second-order valence-electron chi connectivity index (χ2n) is 12.4. The summed E-state index contributed by atoms with van der Waals surface area (Å²) in [5.74, 6) is -0.893. The standard InChI is InChI=1S/C34H34F3N5O5/c1-17-4-5-21(34(35,36)37)12-23(17)28-29-24(32(2,16-47-29)31(39)44)13-26(42-28)33(45,20-6-7-20)15-41-30(43)18-10-19(14-40-22-8-9-22)27(38)25(11-18)46-3/h4-6,10-14,22,45H,7-9,15-16,38H2,1-3H3,(H2,39,44)(H,41,43)/t32-,33+/m0/s1. The summed E-state index contributed by atoms with van der Waals surface area (Å²) in [6.07, 6.45) is 1.10. The highest BCUT2D eigenvalue weighted by molar-refractivity contribution is 5.99. The number of halogens is 3. The Labute approximate surface area is 268 Å². The van der Waals surface area contributed by atoms with Gasteiger partial charge in [0.15, 0.2) is 0 Å². The fourth-order valence-electron chi connectivity index (χ4n) is 5.57. The van der Waals surface area contributed by atoms with Crippen LogP contribution in [-0.2, 0) is 22.0 Å². The third-order valence-corrected chi connectivity index (χ3v) is 8.93. The Balaban J connectivity index is 1.41. The first-order chi connectivity index (χ1) is 22.2. The van der Waals surface area contributed by atoms with Gasteiger partial charge in [-0.3, -0.25) is 14.6 Å². The molecule has 3 aromatic rings. The van der Waals surface area contributed by atoms with Gasteiger partial charge in [0.25, 0.3) is 5.91 Å². The van der Waals surface area contributed by atoms with Crippen LogP contribution in [0.3, 0.4) is 0 Å². The number of aliphatic hydroxyl groups is 1. The van der Waals surface area contributed by atoms with Crippen LogP contribution in [-0.4, -0.2) is 54.4 Å². The number of nitrogens with zero attached hydrogens (tertiary/aromatic N) is 2. The number of aliphatic imine (C=N–C) groups is 1. The minimum absolute atomic E-state index is 0.0113. The van der Waals surface area contributed by atoms with Crippen LogP contribution in [0.4, 0.5) is 18.9 Å². The minimum atomic E-state index is -4.63. The molecule has 47 heavy (non-hydrogen) atoms. The SMILES string of the molecule is COc1cc(C(=O)NC[C@@](O)(C2=CC2)c2cc3c(c(-c4cc(C(F)(F)F)ccc4C)n2)OC[C@]3(C)C(N)=O)cc(C=NC2CC2)c1N. The third kappa shape index (κ3) is 5.91. The van der Waals surface area contributed by atoms with E-state index >= 15 is 0 Å². The van der Waals surface area contributed by atoms with E-state index in [1.165, 1.54) is 25.3 Å². The van der Waals surface area contributed by atoms with E-state index in [1.807, 2.05) is 0 Å². The number of carbonyl (C=O) groups excluding carboxylic acids is 2. The molecule has 2 aromatic carbocycles. The number of hydrogen-bond donors (Lipinski definition) is 4. The fraction of sp³-hybridized carbons (Fsp3) is 0.353. The molecular formula is C34H34F3N5O5. The number of methoxy groups -OCH3 is 1. The number of aryl methyl sites for hydroxylation is 1. The van der Waals surface area contributed by atoms with E-state index in [2.05, 4.69) is 15.3 Å². The molecule has 0 bridgehead atoms. The van der Waals surface area contributed by atoms with Crippen LogP contribution in [0.5, 0.6) is 11.5 Å². The summed E-state index contributed by atoms with van der Waals surface area (Å²) in [7, 11) is 1.43. The zero-order valence-corrected chi connectivity index (χ0v) is 26.0. The van der Waals surface area contributed by atoms with Crippen LogP contribution >= 0.6 is 0 Å². The number of aromatic nitrogens is 1. The zero-order chi connectivity index (χ0) is 33.9. The predicted octanol–water partition coefficient (Wildman–Crippen LogP) is 4.33. The fourth-order valence-corrected chi connectivity index (χ4v) is 5.57. The van der Waals surface area contributed by atoms with E-state index in [9.17, 15) is 27.9 Å². The number of nitrogen functional groups attached to an aromatic ring is 1. The summed E-state index contributed by atoms with van der Waals surface area (Å²) >= 11 is 0. The number of pyridine rings is 1. The average Bonchev–Trinajstić information content (AvgIpc) is 3.97. The van der Waals surface area contributed by atoms with Crippen LogP contribution < -0.4 is 26.3 Å². The number of anilines is 1. The quantitative estimate of drug-likeness (QED) is 0.144. The first-order valence-corrected chi connectivity index (χ1v) is 15.0. The number of carbonyl (C=O) groups is 2. The maximum Gasteiger partial charge on any atom is 0.416 e. The molecule has 0 spiro atoms. The lowest BCUT2D eigenvalue weighted by Crippen LogP contribution is -2.42. The molecule has 2 aliphatic carbocycles. The van der Waals surface area contributed by atoms with Gasteiger partial charge in [0, 0.05) is 28.5 Å². The summed E-state index contributed by atoms with van der Waals surface area (Å²) in [4.78, 5) is 35.3. The third-order valence-electron chi connectivity index (χ3n) is 8.93. The van der Waals surface area contributed by atoms with Gasteiger partial charge in [-0.1, -0.05) is 12.1 Å². The molecule has 0 radical (unpaired) electrons. The van der Waals surface area contributed by atoms with Crippen molar-refractivity contribution in [2.45, 2.75) is 56.3 Å². The number of amides is 2. The summed E-state index contributed by atoms with van der Waals surface area (Å²) in [5, 5.41) is 14.9. The van der Waals surface area contributed by atoms with Crippen molar-refractivity contribution in [3.05, 3.63) is 81.6 Å². The van der Waals surface area contributed by atoms with Crippen LogP contribution in [0.15, 0.2) is 53.0 Å². The van der Waals surface area contributed by atoms with Gasteiger partial charge in [-0.25, -0.2) is 4.98 Å². The van der Waals surface area contributed by atoms with Crippen LogP contribution in [0, 0.1) is 6.92 Å². The Morgan fingerprint density at radius 2 is 1.96 bits per heavy atom. The van der Waals surface area contributed by atoms with E-state index in [1.54, 1.807) is 32.2 Å². The van der Waals surface area contributed by atoms with E-state index in [-0.39, 0.29) is 58.8 Å². The van der Waals surface area contributed by atoms with Gasteiger partial charge < -0.3 is 31.4 Å². The molecule has 3 aliphatic rings. The number of nitrogens with one attached hydrogen (secondary N) is 1. The van der Waals surface area contributed by atoms with Crippen molar-refractivity contribution in [2.24, 2.45) is 10.7 Å². The van der Waals surface area contributed by atoms with Crippen molar-refractivity contribution in [3.63, 3.8) is 0 Å². The highest BCUT2D eigenvalue weighted by atomic mass is 19.4. The minimum Gasteiger partial charge on any atom is -0.495 e. The predicted molar refractivity (Wildman–Crippen MR) is 168 cm³/mol. The Bertz CT molecular complexity index is 1870. The molecule has 2 heterocycles. The van der Waals surface area contributed by atoms with Crippen molar-refractivity contribution in [2.75, 3.05) is 26.0 Å². The molecule has 1 aliphatic heterocycles. The Morgan fingerprint density at radius 3 is 2.57 bits per heavy atom. The number of ether oxygens (including phenoxy) is 2.